The number of rotatable bonds is 3. The third kappa shape index (κ3) is 2.94. The van der Waals surface area contributed by atoms with Crippen LogP contribution in [0.2, 0.25) is 5.02 Å². The molecule has 0 aromatic heterocycles. The Bertz CT molecular complexity index is 653. The normalized spacial score (nSPS) is 10.2. The lowest BCUT2D eigenvalue weighted by molar-refractivity contribution is 0.102. The molecule has 0 aliphatic carbocycles. The summed E-state index contributed by atoms with van der Waals surface area (Å²) >= 11 is 5.97. The summed E-state index contributed by atoms with van der Waals surface area (Å²) in [6.45, 7) is 4.01. The molecule has 2 N–H and O–H groups in total. The first-order valence-corrected chi connectivity index (χ1v) is 6.75. The van der Waals surface area contributed by atoms with E-state index in [2.05, 4.69) is 10.6 Å². The number of nitrogens with one attached hydrogen (secondary N) is 2. The Morgan fingerprint density at radius 1 is 1.10 bits per heavy atom. The second kappa shape index (κ2) is 5.97. The average Bonchev–Trinajstić information content (AvgIpc) is 2.43. The lowest BCUT2D eigenvalue weighted by Gasteiger charge is -2.13. The Labute approximate surface area is 124 Å². The number of halogens is 1. The quantitative estimate of drug-likeness (QED) is 0.886. The summed E-state index contributed by atoms with van der Waals surface area (Å²) in [5.41, 5.74) is 4.30. The summed E-state index contributed by atoms with van der Waals surface area (Å²) in [6.07, 6.45) is 0. The van der Waals surface area contributed by atoms with Gasteiger partial charge >= 0.3 is 0 Å². The van der Waals surface area contributed by atoms with Crippen LogP contribution in [0.1, 0.15) is 21.5 Å². The number of hydrogen-bond donors (Lipinski definition) is 2. The van der Waals surface area contributed by atoms with Crippen molar-refractivity contribution in [2.24, 2.45) is 0 Å². The van der Waals surface area contributed by atoms with Gasteiger partial charge in [-0.3, -0.25) is 4.79 Å². The summed E-state index contributed by atoms with van der Waals surface area (Å²) in [5, 5.41) is 6.46. The number of hydrogen-bond acceptors (Lipinski definition) is 2. The van der Waals surface area contributed by atoms with Gasteiger partial charge in [-0.1, -0.05) is 23.7 Å². The molecule has 104 valence electrons. The van der Waals surface area contributed by atoms with Crippen LogP contribution in [0.15, 0.2) is 36.4 Å². The van der Waals surface area contributed by atoms with Gasteiger partial charge in [0.05, 0.1) is 5.56 Å². The molecule has 0 aliphatic rings. The molecule has 20 heavy (non-hydrogen) atoms. The van der Waals surface area contributed by atoms with Crippen LogP contribution >= 0.6 is 11.6 Å². The molecule has 0 heterocycles. The molecule has 0 radical (unpaired) electrons. The van der Waals surface area contributed by atoms with Gasteiger partial charge in [-0.2, -0.15) is 0 Å². The summed E-state index contributed by atoms with van der Waals surface area (Å²) in [4.78, 5) is 12.4. The van der Waals surface area contributed by atoms with Crippen LogP contribution in [0.25, 0.3) is 0 Å². The zero-order valence-electron chi connectivity index (χ0n) is 11.8. The maximum atomic E-state index is 12.4. The molecule has 2 aromatic carbocycles. The fourth-order valence-corrected chi connectivity index (χ4v) is 2.17. The van der Waals surface area contributed by atoms with Gasteiger partial charge in [0, 0.05) is 23.4 Å². The lowest BCUT2D eigenvalue weighted by atomic mass is 10.1. The summed E-state index contributed by atoms with van der Waals surface area (Å²) in [5.74, 6) is -0.175. The maximum absolute atomic E-state index is 12.4. The Morgan fingerprint density at radius 2 is 1.85 bits per heavy atom. The molecular formula is C16H17ClN2O. The third-order valence-corrected chi connectivity index (χ3v) is 3.58. The van der Waals surface area contributed by atoms with E-state index in [9.17, 15) is 4.79 Å². The second-order valence-electron chi connectivity index (χ2n) is 4.64. The van der Waals surface area contributed by atoms with E-state index >= 15 is 0 Å². The molecule has 1 amide bonds. The van der Waals surface area contributed by atoms with E-state index in [1.807, 2.05) is 32.0 Å². The molecule has 0 fully saturated rings. The van der Waals surface area contributed by atoms with E-state index in [0.717, 1.165) is 22.5 Å². The first kappa shape index (κ1) is 14.4. The van der Waals surface area contributed by atoms with E-state index in [-0.39, 0.29) is 5.91 Å². The molecule has 0 saturated carbocycles. The molecule has 2 rings (SSSR count). The van der Waals surface area contributed by atoms with E-state index < -0.39 is 0 Å². The molecule has 0 atom stereocenters. The van der Waals surface area contributed by atoms with Crippen molar-refractivity contribution in [1.82, 2.24) is 0 Å². The number of anilines is 2. The summed E-state index contributed by atoms with van der Waals surface area (Å²) in [7, 11) is 1.78. The van der Waals surface area contributed by atoms with Crippen LogP contribution in [-0.4, -0.2) is 13.0 Å². The molecule has 0 saturated heterocycles. The summed E-state index contributed by atoms with van der Waals surface area (Å²) < 4.78 is 0. The smallest absolute Gasteiger partial charge is 0.257 e. The minimum atomic E-state index is -0.175. The van der Waals surface area contributed by atoms with Gasteiger partial charge in [0.15, 0.2) is 0 Å². The molecule has 0 aliphatic heterocycles. The highest BCUT2D eigenvalue weighted by Crippen LogP contribution is 2.23. The van der Waals surface area contributed by atoms with Crippen molar-refractivity contribution in [2.45, 2.75) is 13.8 Å². The highest BCUT2D eigenvalue weighted by atomic mass is 35.5. The number of benzene rings is 2. The zero-order chi connectivity index (χ0) is 14.7. The third-order valence-electron chi connectivity index (χ3n) is 3.35. The fraction of sp³-hybridized carbons (Fsp3) is 0.188. The molecule has 2 aromatic rings. The maximum Gasteiger partial charge on any atom is 0.257 e. The molecule has 4 heteroatoms. The minimum Gasteiger partial charge on any atom is -0.387 e. The van der Waals surface area contributed by atoms with Crippen molar-refractivity contribution in [3.05, 3.63) is 58.1 Å². The van der Waals surface area contributed by atoms with Gasteiger partial charge in [-0.05, 0) is 49.2 Å². The zero-order valence-corrected chi connectivity index (χ0v) is 12.5. The predicted molar refractivity (Wildman–Crippen MR) is 84.9 cm³/mol. The number of carbonyl (C=O) groups is 1. The SMILES string of the molecule is CNc1ccc(Cl)cc1C(=O)Nc1cccc(C)c1C. The number of amides is 1. The van der Waals surface area contributed by atoms with E-state index in [1.54, 1.807) is 25.2 Å². The highest BCUT2D eigenvalue weighted by molar-refractivity contribution is 6.31. The highest BCUT2D eigenvalue weighted by Gasteiger charge is 2.13. The lowest BCUT2D eigenvalue weighted by Crippen LogP contribution is -2.15. The number of carbonyl (C=O) groups excluding carboxylic acids is 1. The van der Waals surface area contributed by atoms with Crippen LogP contribution < -0.4 is 10.6 Å². The van der Waals surface area contributed by atoms with Gasteiger partial charge in [-0.25, -0.2) is 0 Å². The second-order valence-corrected chi connectivity index (χ2v) is 5.08. The Balaban J connectivity index is 2.33. The van der Waals surface area contributed by atoms with Crippen molar-refractivity contribution in [3.8, 4) is 0 Å². The van der Waals surface area contributed by atoms with Crippen LogP contribution in [0.5, 0.6) is 0 Å². The van der Waals surface area contributed by atoms with Crippen LogP contribution in [0.3, 0.4) is 0 Å². The van der Waals surface area contributed by atoms with Gasteiger partial charge in [0.25, 0.3) is 5.91 Å². The average molecular weight is 289 g/mol. The molecule has 0 unspecified atom stereocenters. The summed E-state index contributed by atoms with van der Waals surface area (Å²) in [6, 6.07) is 11.0. The van der Waals surface area contributed by atoms with E-state index in [1.165, 1.54) is 0 Å². The minimum absolute atomic E-state index is 0.175. The predicted octanol–water partition coefficient (Wildman–Crippen LogP) is 4.25. The van der Waals surface area contributed by atoms with Gasteiger partial charge in [0.2, 0.25) is 0 Å². The van der Waals surface area contributed by atoms with Gasteiger partial charge in [-0.15, -0.1) is 0 Å². The van der Waals surface area contributed by atoms with Gasteiger partial charge in [0.1, 0.15) is 0 Å². The van der Waals surface area contributed by atoms with Gasteiger partial charge < -0.3 is 10.6 Å². The van der Waals surface area contributed by atoms with E-state index in [0.29, 0.717) is 10.6 Å². The monoisotopic (exact) mass is 288 g/mol. The molecule has 0 bridgehead atoms. The molecular weight excluding hydrogens is 272 g/mol. The Morgan fingerprint density at radius 3 is 2.55 bits per heavy atom. The van der Waals surface area contributed by atoms with E-state index in [4.69, 9.17) is 11.6 Å². The van der Waals surface area contributed by atoms with Crippen molar-refractivity contribution in [3.63, 3.8) is 0 Å². The first-order chi connectivity index (χ1) is 9.52. The van der Waals surface area contributed by atoms with Crippen molar-refractivity contribution < 1.29 is 4.79 Å². The van der Waals surface area contributed by atoms with Crippen LogP contribution in [0.4, 0.5) is 11.4 Å². The number of aryl methyl sites for hydroxylation is 1. The molecule has 3 nitrogen and oxygen atoms in total. The Kier molecular flexibility index (Phi) is 4.30. The van der Waals surface area contributed by atoms with Crippen molar-refractivity contribution >= 4 is 28.9 Å². The van der Waals surface area contributed by atoms with Crippen LogP contribution in [0, 0.1) is 13.8 Å². The first-order valence-electron chi connectivity index (χ1n) is 6.38. The van der Waals surface area contributed by atoms with Crippen LogP contribution in [-0.2, 0) is 0 Å². The molecule has 0 spiro atoms. The topological polar surface area (TPSA) is 41.1 Å². The standard InChI is InChI=1S/C16H17ClN2O/c1-10-5-4-6-14(11(10)2)19-16(20)13-9-12(17)7-8-15(13)18-3/h4-9,18H,1-3H3,(H,19,20). The fourth-order valence-electron chi connectivity index (χ4n) is 2.00. The largest absolute Gasteiger partial charge is 0.387 e. The van der Waals surface area contributed by atoms with Crippen molar-refractivity contribution in [2.75, 3.05) is 17.7 Å². The van der Waals surface area contributed by atoms with Crippen molar-refractivity contribution in [1.29, 1.82) is 0 Å². The Hall–Kier alpha value is -2.00.